The van der Waals surface area contributed by atoms with Gasteiger partial charge in [-0.05, 0) is 30.3 Å². The lowest BCUT2D eigenvalue weighted by molar-refractivity contribution is 0.262. The Bertz CT molecular complexity index is 585. The standard InChI is InChI=1S/C18H22FN3/c1-22(12-14-5-3-2-4-6-14)13-16-11-20-21-18(16)15-7-9-17(19)10-8-15/h2-10,16,18,20-21H,11-13H2,1H3. The average Bonchev–Trinajstić information content (AvgIpc) is 2.97. The van der Waals surface area contributed by atoms with Crippen molar-refractivity contribution in [2.75, 3.05) is 20.1 Å². The van der Waals surface area contributed by atoms with E-state index in [0.717, 1.165) is 25.2 Å². The molecule has 0 spiro atoms. The molecular formula is C18H22FN3. The highest BCUT2D eigenvalue weighted by Crippen LogP contribution is 2.25. The van der Waals surface area contributed by atoms with Gasteiger partial charge in [-0.3, -0.25) is 5.43 Å². The summed E-state index contributed by atoms with van der Waals surface area (Å²) < 4.78 is 13.1. The molecule has 1 fully saturated rings. The van der Waals surface area contributed by atoms with Crippen LogP contribution in [0, 0.1) is 11.7 Å². The van der Waals surface area contributed by atoms with Crippen LogP contribution in [-0.2, 0) is 6.54 Å². The molecular weight excluding hydrogens is 277 g/mol. The van der Waals surface area contributed by atoms with Crippen molar-refractivity contribution in [3.05, 3.63) is 71.5 Å². The number of nitrogens with zero attached hydrogens (tertiary/aromatic N) is 1. The predicted octanol–water partition coefficient (Wildman–Crippen LogP) is 2.72. The minimum atomic E-state index is -0.188. The summed E-state index contributed by atoms with van der Waals surface area (Å²) in [5.74, 6) is 0.270. The van der Waals surface area contributed by atoms with Gasteiger partial charge in [-0.15, -0.1) is 0 Å². The lowest BCUT2D eigenvalue weighted by Crippen LogP contribution is -2.30. The Hall–Kier alpha value is -1.75. The molecule has 4 heteroatoms. The molecule has 2 N–H and O–H groups in total. The maximum Gasteiger partial charge on any atom is 0.123 e. The Morgan fingerprint density at radius 1 is 1.09 bits per heavy atom. The van der Waals surface area contributed by atoms with Gasteiger partial charge in [0.15, 0.2) is 0 Å². The van der Waals surface area contributed by atoms with Crippen LogP contribution in [0.5, 0.6) is 0 Å². The third-order valence-corrected chi connectivity index (χ3v) is 4.16. The second-order valence-electron chi connectivity index (χ2n) is 6.00. The molecule has 22 heavy (non-hydrogen) atoms. The highest BCUT2D eigenvalue weighted by atomic mass is 19.1. The Kier molecular flexibility index (Phi) is 4.83. The van der Waals surface area contributed by atoms with E-state index in [4.69, 9.17) is 0 Å². The number of hydrogen-bond donors (Lipinski definition) is 2. The van der Waals surface area contributed by atoms with Crippen molar-refractivity contribution in [1.29, 1.82) is 0 Å². The van der Waals surface area contributed by atoms with Gasteiger partial charge in [0, 0.05) is 25.6 Å². The SMILES string of the molecule is CN(Cc1ccccc1)CC1CNNC1c1ccc(F)cc1. The summed E-state index contributed by atoms with van der Waals surface area (Å²) in [6.45, 7) is 2.84. The summed E-state index contributed by atoms with van der Waals surface area (Å²) in [6, 6.07) is 17.5. The highest BCUT2D eigenvalue weighted by molar-refractivity contribution is 5.22. The van der Waals surface area contributed by atoms with Crippen molar-refractivity contribution >= 4 is 0 Å². The van der Waals surface area contributed by atoms with Gasteiger partial charge in [0.1, 0.15) is 5.82 Å². The molecule has 0 amide bonds. The minimum Gasteiger partial charge on any atom is -0.302 e. The van der Waals surface area contributed by atoms with Crippen LogP contribution in [-0.4, -0.2) is 25.0 Å². The molecule has 1 aliphatic heterocycles. The van der Waals surface area contributed by atoms with Crippen molar-refractivity contribution in [1.82, 2.24) is 15.8 Å². The van der Waals surface area contributed by atoms with Gasteiger partial charge >= 0.3 is 0 Å². The van der Waals surface area contributed by atoms with Crippen LogP contribution in [0.1, 0.15) is 17.2 Å². The van der Waals surface area contributed by atoms with E-state index in [-0.39, 0.29) is 11.9 Å². The van der Waals surface area contributed by atoms with Crippen LogP contribution in [0.15, 0.2) is 54.6 Å². The summed E-state index contributed by atoms with van der Waals surface area (Å²) in [6.07, 6.45) is 0. The van der Waals surface area contributed by atoms with Gasteiger partial charge in [-0.2, -0.15) is 0 Å². The van der Waals surface area contributed by atoms with Gasteiger partial charge in [0.2, 0.25) is 0 Å². The molecule has 3 rings (SSSR count). The Balaban J connectivity index is 1.62. The molecule has 2 unspecified atom stereocenters. The molecule has 0 aromatic heterocycles. The first kappa shape index (κ1) is 15.2. The van der Waals surface area contributed by atoms with Crippen LogP contribution in [0.3, 0.4) is 0 Å². The number of halogens is 1. The fourth-order valence-corrected chi connectivity index (χ4v) is 3.09. The van der Waals surface area contributed by atoms with Gasteiger partial charge in [-0.1, -0.05) is 42.5 Å². The predicted molar refractivity (Wildman–Crippen MR) is 86.5 cm³/mol. The first-order valence-electron chi connectivity index (χ1n) is 7.68. The zero-order chi connectivity index (χ0) is 15.4. The average molecular weight is 299 g/mol. The second kappa shape index (κ2) is 7.01. The number of nitrogens with one attached hydrogen (secondary N) is 2. The maximum absolute atomic E-state index is 13.1. The second-order valence-corrected chi connectivity index (χ2v) is 6.00. The van der Waals surface area contributed by atoms with Gasteiger partial charge < -0.3 is 4.90 Å². The summed E-state index contributed by atoms with van der Waals surface area (Å²) in [5.41, 5.74) is 9.00. The molecule has 0 radical (unpaired) electrons. The van der Waals surface area contributed by atoms with Crippen LogP contribution < -0.4 is 10.9 Å². The fraction of sp³-hybridized carbons (Fsp3) is 0.333. The number of hydrazine groups is 1. The molecule has 1 saturated heterocycles. The number of benzene rings is 2. The molecule has 2 aromatic rings. The molecule has 3 nitrogen and oxygen atoms in total. The molecule has 116 valence electrons. The number of hydrogen-bond acceptors (Lipinski definition) is 3. The van der Waals surface area contributed by atoms with E-state index < -0.39 is 0 Å². The van der Waals surface area contributed by atoms with Crippen molar-refractivity contribution in [2.24, 2.45) is 5.92 Å². The Morgan fingerprint density at radius 2 is 1.82 bits per heavy atom. The van der Waals surface area contributed by atoms with E-state index in [0.29, 0.717) is 5.92 Å². The van der Waals surface area contributed by atoms with Crippen LogP contribution >= 0.6 is 0 Å². The van der Waals surface area contributed by atoms with Gasteiger partial charge in [0.25, 0.3) is 0 Å². The third kappa shape index (κ3) is 3.71. The van der Waals surface area contributed by atoms with Gasteiger partial charge in [-0.25, -0.2) is 9.82 Å². The van der Waals surface area contributed by atoms with E-state index in [9.17, 15) is 4.39 Å². The first-order chi connectivity index (χ1) is 10.7. The fourth-order valence-electron chi connectivity index (χ4n) is 3.09. The number of rotatable bonds is 5. The lowest BCUT2D eigenvalue weighted by Gasteiger charge is -2.25. The zero-order valence-corrected chi connectivity index (χ0v) is 12.8. The summed E-state index contributed by atoms with van der Waals surface area (Å²) in [7, 11) is 2.15. The molecule has 1 heterocycles. The first-order valence-corrected chi connectivity index (χ1v) is 7.68. The highest BCUT2D eigenvalue weighted by Gasteiger charge is 2.29. The summed E-state index contributed by atoms with van der Waals surface area (Å²) in [5, 5.41) is 0. The van der Waals surface area contributed by atoms with Crippen LogP contribution in [0.2, 0.25) is 0 Å². The normalized spacial score (nSPS) is 21.4. The van der Waals surface area contributed by atoms with E-state index in [1.165, 1.54) is 17.7 Å². The van der Waals surface area contributed by atoms with Crippen molar-refractivity contribution < 1.29 is 4.39 Å². The van der Waals surface area contributed by atoms with E-state index in [1.807, 2.05) is 18.2 Å². The Morgan fingerprint density at radius 3 is 2.55 bits per heavy atom. The monoisotopic (exact) mass is 299 g/mol. The zero-order valence-electron chi connectivity index (χ0n) is 12.8. The molecule has 0 saturated carbocycles. The molecule has 2 aromatic carbocycles. The lowest BCUT2D eigenvalue weighted by atomic mass is 9.94. The molecule has 2 atom stereocenters. The molecule has 0 bridgehead atoms. The van der Waals surface area contributed by atoms with Gasteiger partial charge in [0.05, 0.1) is 6.04 Å². The van der Waals surface area contributed by atoms with E-state index >= 15 is 0 Å². The third-order valence-electron chi connectivity index (χ3n) is 4.16. The van der Waals surface area contributed by atoms with Crippen LogP contribution in [0.25, 0.3) is 0 Å². The summed E-state index contributed by atoms with van der Waals surface area (Å²) in [4.78, 5) is 2.34. The Labute approximate surface area is 131 Å². The molecule has 0 aliphatic carbocycles. The van der Waals surface area contributed by atoms with E-state index in [2.05, 4.69) is 47.1 Å². The smallest absolute Gasteiger partial charge is 0.123 e. The summed E-state index contributed by atoms with van der Waals surface area (Å²) >= 11 is 0. The maximum atomic E-state index is 13.1. The quantitative estimate of drug-likeness (QED) is 0.889. The van der Waals surface area contributed by atoms with Crippen molar-refractivity contribution in [2.45, 2.75) is 12.6 Å². The molecule has 1 aliphatic rings. The van der Waals surface area contributed by atoms with E-state index in [1.54, 1.807) is 0 Å². The van der Waals surface area contributed by atoms with Crippen LogP contribution in [0.4, 0.5) is 4.39 Å². The largest absolute Gasteiger partial charge is 0.302 e. The minimum absolute atomic E-state index is 0.188. The van der Waals surface area contributed by atoms with Crippen molar-refractivity contribution in [3.8, 4) is 0 Å². The van der Waals surface area contributed by atoms with Crippen molar-refractivity contribution in [3.63, 3.8) is 0 Å². The topological polar surface area (TPSA) is 27.3 Å².